The summed E-state index contributed by atoms with van der Waals surface area (Å²) in [6, 6.07) is 0. The second-order valence-electron chi connectivity index (χ2n) is 14.4. The zero-order chi connectivity index (χ0) is 39.1. The molecule has 0 aromatic heterocycles. The molecular weight excluding hydrogens is 718 g/mol. The first-order chi connectivity index (χ1) is 25.7. The molecule has 0 aromatic carbocycles. The van der Waals surface area contributed by atoms with Gasteiger partial charge in [-0.25, -0.2) is 4.57 Å². The van der Waals surface area contributed by atoms with Crippen molar-refractivity contribution in [3.63, 3.8) is 0 Å². The van der Waals surface area contributed by atoms with Crippen LogP contribution in [0.4, 0.5) is 0 Å². The third kappa shape index (κ3) is 41.1. The maximum atomic E-state index is 12.6. The topological polar surface area (TPSA) is 149 Å². The van der Waals surface area contributed by atoms with Crippen molar-refractivity contribution < 1.29 is 49.2 Å². The fraction of sp³-hybridized carbons (Fsp3) is 0.857. The number of allylic oxidation sites excluding steroid dienone is 4. The monoisotopic (exact) mass is 800 g/mol. The maximum Gasteiger partial charge on any atom is 0.472 e. The Morgan fingerprint density at radius 3 is 1.37 bits per heavy atom. The minimum atomic E-state index is -4.62. The van der Waals surface area contributed by atoms with Gasteiger partial charge in [-0.05, 0) is 64.2 Å². The first kappa shape index (κ1) is 55.5. The second kappa shape index (κ2) is 42.1. The Morgan fingerprint density at radius 2 is 0.944 bits per heavy atom. The van der Waals surface area contributed by atoms with Gasteiger partial charge < -0.3 is 24.6 Å². The van der Waals surface area contributed by atoms with Gasteiger partial charge in [0.05, 0.1) is 19.8 Å². The van der Waals surface area contributed by atoms with E-state index in [0.29, 0.717) is 12.8 Å². The van der Waals surface area contributed by atoms with Crippen LogP contribution in [-0.4, -0.2) is 95.2 Å². The molecule has 3 atom stereocenters. The maximum absolute atomic E-state index is 12.6. The second-order valence-corrected chi connectivity index (χ2v) is 15.8. The van der Waals surface area contributed by atoms with Crippen LogP contribution in [0.15, 0.2) is 24.3 Å². The van der Waals surface area contributed by atoms with Crippen molar-refractivity contribution in [2.45, 2.75) is 206 Å². The number of unbranched alkanes of at least 4 members (excludes halogenated alkanes) is 22. The molecule has 1 radical (unpaired) electrons. The number of carbonyl (C=O) groups is 2. The zero-order valence-electron chi connectivity index (χ0n) is 34.7. The summed E-state index contributed by atoms with van der Waals surface area (Å²) in [4.78, 5) is 34.9. The van der Waals surface area contributed by atoms with Crippen LogP contribution >= 0.6 is 7.82 Å². The molecule has 315 valence electrons. The number of hydrogen-bond donors (Lipinski definition) is 3. The Hall–Kier alpha value is -0.550. The number of aliphatic hydroxyl groups is 2. The smallest absolute Gasteiger partial charge is 0.462 e. The standard InChI is InChI=1S/C42H79O10P.Na.H2/c1-3-5-7-9-11-13-15-17-19-21-23-25-27-29-31-33-41(45)49-37-40(38-51-53(47,48)50-36-39(44)35-43)52-42(46)34-32-30-28-26-24-22-20-18-16-14-12-10-8-6-4-2;;/h17-20,39-40,43-44H,3-16,21-38H2,1-2H3,(H,47,48);;1H. The zero-order valence-corrected chi connectivity index (χ0v) is 37.6. The van der Waals surface area contributed by atoms with Gasteiger partial charge in [-0.1, -0.05) is 141 Å². The minimum Gasteiger partial charge on any atom is -0.462 e. The van der Waals surface area contributed by atoms with E-state index in [1.54, 1.807) is 0 Å². The number of phosphoric acid groups is 1. The number of phosphoric ester groups is 1. The van der Waals surface area contributed by atoms with Gasteiger partial charge in [-0.15, -0.1) is 0 Å². The third-order valence-corrected chi connectivity index (χ3v) is 10.0. The van der Waals surface area contributed by atoms with Crippen LogP contribution in [0.1, 0.15) is 195 Å². The fourth-order valence-corrected chi connectivity index (χ4v) is 6.54. The molecule has 3 unspecified atom stereocenters. The normalized spacial score (nSPS) is 13.9. The van der Waals surface area contributed by atoms with E-state index >= 15 is 0 Å². The number of aliphatic hydroxyl groups excluding tert-OH is 2. The van der Waals surface area contributed by atoms with Gasteiger partial charge in [0.2, 0.25) is 0 Å². The van der Waals surface area contributed by atoms with Gasteiger partial charge in [0.25, 0.3) is 0 Å². The van der Waals surface area contributed by atoms with Crippen molar-refractivity contribution in [3.05, 3.63) is 24.3 Å². The summed E-state index contributed by atoms with van der Waals surface area (Å²) in [5.41, 5.74) is 0. The Balaban J connectivity index is -0.0000135. The van der Waals surface area contributed by atoms with E-state index in [9.17, 15) is 24.2 Å². The number of rotatable bonds is 40. The van der Waals surface area contributed by atoms with Crippen molar-refractivity contribution in [1.82, 2.24) is 0 Å². The van der Waals surface area contributed by atoms with Crippen molar-refractivity contribution in [1.29, 1.82) is 0 Å². The molecule has 0 rings (SSSR count). The SMILES string of the molecule is CCCCCCCCC=CCCCCCCCC(=O)OCC(COP(=O)(O)OCC(O)CO)OC(=O)CCCCCCCC=CCCCCCCCC.[HH].[Na]. The molecule has 10 nitrogen and oxygen atoms in total. The molecule has 0 saturated carbocycles. The Bertz CT molecular complexity index is 955. The summed E-state index contributed by atoms with van der Waals surface area (Å²) in [6.07, 6.45) is 37.1. The third-order valence-electron chi connectivity index (χ3n) is 9.08. The first-order valence-electron chi connectivity index (χ1n) is 21.3. The summed E-state index contributed by atoms with van der Waals surface area (Å²) in [5, 5.41) is 18.3. The van der Waals surface area contributed by atoms with Gasteiger partial charge >= 0.3 is 19.8 Å². The van der Waals surface area contributed by atoms with Gasteiger partial charge in [-0.2, -0.15) is 0 Å². The number of ether oxygens (including phenoxy) is 2. The van der Waals surface area contributed by atoms with Gasteiger partial charge in [-0.3, -0.25) is 18.6 Å². The van der Waals surface area contributed by atoms with Gasteiger partial charge in [0.1, 0.15) is 12.7 Å². The summed E-state index contributed by atoms with van der Waals surface area (Å²) < 4.78 is 32.7. The van der Waals surface area contributed by atoms with Gasteiger partial charge in [0.15, 0.2) is 6.10 Å². The van der Waals surface area contributed by atoms with Crippen molar-refractivity contribution in [2.75, 3.05) is 26.4 Å². The van der Waals surface area contributed by atoms with Crippen molar-refractivity contribution in [2.24, 2.45) is 0 Å². The Morgan fingerprint density at radius 1 is 0.574 bits per heavy atom. The van der Waals surface area contributed by atoms with Gasteiger partial charge in [0, 0.05) is 43.8 Å². The largest absolute Gasteiger partial charge is 0.472 e. The first-order valence-corrected chi connectivity index (χ1v) is 22.8. The van der Waals surface area contributed by atoms with E-state index in [1.807, 2.05) is 0 Å². The molecule has 54 heavy (non-hydrogen) atoms. The average Bonchev–Trinajstić information content (AvgIpc) is 3.14. The van der Waals surface area contributed by atoms with Crippen LogP contribution in [0.2, 0.25) is 0 Å². The number of carbonyl (C=O) groups excluding carboxylic acids is 2. The minimum absolute atomic E-state index is 0. The molecule has 12 heteroatoms. The molecular formula is C42H81NaO10P. The van der Waals surface area contributed by atoms with E-state index in [0.717, 1.165) is 70.6 Å². The molecule has 0 aliphatic rings. The molecule has 0 aliphatic carbocycles. The Kier molecular flexibility index (Phi) is 43.3. The van der Waals surface area contributed by atoms with Crippen LogP contribution in [0, 0.1) is 0 Å². The fourth-order valence-electron chi connectivity index (χ4n) is 5.75. The van der Waals surface area contributed by atoms with E-state index in [1.165, 1.54) is 83.5 Å². The number of hydrogen-bond acceptors (Lipinski definition) is 9. The van der Waals surface area contributed by atoms with E-state index in [-0.39, 0.29) is 50.4 Å². The van der Waals surface area contributed by atoms with Crippen LogP contribution in [-0.2, 0) is 32.7 Å². The molecule has 0 fully saturated rings. The summed E-state index contributed by atoms with van der Waals surface area (Å²) in [5.74, 6) is -0.940. The number of esters is 2. The van der Waals surface area contributed by atoms with Crippen LogP contribution in [0.5, 0.6) is 0 Å². The average molecular weight is 800 g/mol. The van der Waals surface area contributed by atoms with Crippen molar-refractivity contribution in [3.8, 4) is 0 Å². The predicted molar refractivity (Wildman–Crippen MR) is 222 cm³/mol. The molecule has 0 saturated heterocycles. The summed E-state index contributed by atoms with van der Waals surface area (Å²) in [7, 11) is -4.62. The van der Waals surface area contributed by atoms with Crippen LogP contribution in [0.3, 0.4) is 0 Å². The summed E-state index contributed by atoms with van der Waals surface area (Å²) >= 11 is 0. The van der Waals surface area contributed by atoms with Crippen LogP contribution in [0.25, 0.3) is 0 Å². The molecule has 0 spiro atoms. The van der Waals surface area contributed by atoms with Crippen LogP contribution < -0.4 is 0 Å². The van der Waals surface area contributed by atoms with E-state index < -0.39 is 51.8 Å². The molecule has 0 aromatic rings. The predicted octanol–water partition coefficient (Wildman–Crippen LogP) is 10.9. The molecule has 0 heterocycles. The van der Waals surface area contributed by atoms with Crippen molar-refractivity contribution >= 4 is 49.3 Å². The Labute approximate surface area is 353 Å². The molecule has 0 amide bonds. The molecule has 0 aliphatic heterocycles. The molecule has 3 N–H and O–H groups in total. The quantitative estimate of drug-likeness (QED) is 0.0180. The van der Waals surface area contributed by atoms with E-state index in [2.05, 4.69) is 42.7 Å². The van der Waals surface area contributed by atoms with E-state index in [4.69, 9.17) is 19.1 Å². The summed E-state index contributed by atoms with van der Waals surface area (Å²) in [6.45, 7) is 2.36. The molecule has 0 bridgehead atoms.